The van der Waals surface area contributed by atoms with Crippen LogP contribution in [0.1, 0.15) is 44.6 Å². The van der Waals surface area contributed by atoms with Gasteiger partial charge in [-0.15, -0.1) is 24.0 Å². The number of hydrogen-bond donors (Lipinski definition) is 2. The Balaban J connectivity index is 0.00000264. The number of guanidine groups is 1. The highest BCUT2D eigenvalue weighted by Crippen LogP contribution is 2.17. The Morgan fingerprint density at radius 3 is 2.48 bits per heavy atom. The number of aliphatic imine (C=N–C) groups is 1. The first-order valence-corrected chi connectivity index (χ1v) is 7.97. The van der Waals surface area contributed by atoms with Crippen LogP contribution in [0.25, 0.3) is 0 Å². The molecule has 128 valence electrons. The number of nitro groups is 1. The molecule has 6 nitrogen and oxygen atoms in total. The Bertz CT molecular complexity index is 513. The summed E-state index contributed by atoms with van der Waals surface area (Å²) in [6.07, 6.45) is 6.28. The van der Waals surface area contributed by atoms with Gasteiger partial charge in [-0.2, -0.15) is 0 Å². The smallest absolute Gasteiger partial charge is 0.269 e. The van der Waals surface area contributed by atoms with Crippen molar-refractivity contribution in [2.75, 3.05) is 6.54 Å². The summed E-state index contributed by atoms with van der Waals surface area (Å²) in [4.78, 5) is 14.8. The van der Waals surface area contributed by atoms with E-state index in [9.17, 15) is 10.1 Å². The van der Waals surface area contributed by atoms with E-state index in [1.807, 2.05) is 6.92 Å². The summed E-state index contributed by atoms with van der Waals surface area (Å²) in [5.74, 6) is 0.827. The minimum atomic E-state index is -0.387. The Kier molecular flexibility index (Phi) is 8.90. The molecule has 1 fully saturated rings. The zero-order chi connectivity index (χ0) is 15.8. The third-order valence-corrected chi connectivity index (χ3v) is 3.86. The Morgan fingerprint density at radius 1 is 1.26 bits per heavy atom. The van der Waals surface area contributed by atoms with Crippen LogP contribution in [0.4, 0.5) is 5.69 Å². The van der Waals surface area contributed by atoms with Crippen molar-refractivity contribution in [2.24, 2.45) is 4.99 Å². The average molecular weight is 432 g/mol. The fourth-order valence-corrected chi connectivity index (χ4v) is 2.65. The number of benzene rings is 1. The molecular formula is C16H25IN4O2. The molecule has 23 heavy (non-hydrogen) atoms. The predicted molar refractivity (Wildman–Crippen MR) is 103 cm³/mol. The monoisotopic (exact) mass is 432 g/mol. The van der Waals surface area contributed by atoms with Crippen molar-refractivity contribution >= 4 is 35.6 Å². The van der Waals surface area contributed by atoms with Gasteiger partial charge in [0.1, 0.15) is 0 Å². The highest BCUT2D eigenvalue weighted by atomic mass is 127. The van der Waals surface area contributed by atoms with Crippen LogP contribution in [0.2, 0.25) is 0 Å². The molecule has 1 aliphatic rings. The Hall–Kier alpha value is -1.38. The van der Waals surface area contributed by atoms with E-state index < -0.39 is 0 Å². The first-order valence-electron chi connectivity index (χ1n) is 7.97. The van der Waals surface area contributed by atoms with Gasteiger partial charge in [0.2, 0.25) is 0 Å². The molecule has 2 N–H and O–H groups in total. The molecule has 0 spiro atoms. The third-order valence-electron chi connectivity index (χ3n) is 3.86. The van der Waals surface area contributed by atoms with Gasteiger partial charge in [-0.3, -0.25) is 10.1 Å². The number of halogens is 1. The zero-order valence-electron chi connectivity index (χ0n) is 13.5. The summed E-state index contributed by atoms with van der Waals surface area (Å²) in [7, 11) is 0. The molecule has 2 rings (SSSR count). The molecule has 0 unspecified atom stereocenters. The van der Waals surface area contributed by atoms with E-state index >= 15 is 0 Å². The quantitative estimate of drug-likeness (QED) is 0.245. The van der Waals surface area contributed by atoms with Crippen LogP contribution in [0.5, 0.6) is 0 Å². The fraction of sp³-hybridized carbons (Fsp3) is 0.562. The van der Waals surface area contributed by atoms with Crippen LogP contribution < -0.4 is 10.6 Å². The van der Waals surface area contributed by atoms with E-state index in [1.165, 1.54) is 44.2 Å². The SMILES string of the molecule is CCNC(=NCc1ccc([N+](=O)[O-])cc1)NC1CCCCC1.I. The van der Waals surface area contributed by atoms with Gasteiger partial charge >= 0.3 is 0 Å². The summed E-state index contributed by atoms with van der Waals surface area (Å²) in [6.45, 7) is 3.38. The van der Waals surface area contributed by atoms with Crippen molar-refractivity contribution in [3.8, 4) is 0 Å². The summed E-state index contributed by atoms with van der Waals surface area (Å²) in [5.41, 5.74) is 1.08. The maximum absolute atomic E-state index is 10.6. The van der Waals surface area contributed by atoms with Crippen LogP contribution >= 0.6 is 24.0 Å². The molecule has 0 bridgehead atoms. The second kappa shape index (κ2) is 10.4. The molecular weight excluding hydrogens is 407 g/mol. The maximum atomic E-state index is 10.6. The molecule has 0 amide bonds. The van der Waals surface area contributed by atoms with Crippen molar-refractivity contribution in [1.29, 1.82) is 0 Å². The molecule has 0 atom stereocenters. The van der Waals surface area contributed by atoms with Crippen LogP contribution in [-0.4, -0.2) is 23.5 Å². The number of rotatable bonds is 5. The van der Waals surface area contributed by atoms with Crippen LogP contribution in [0, 0.1) is 10.1 Å². The molecule has 7 heteroatoms. The highest BCUT2D eigenvalue weighted by Gasteiger charge is 2.14. The molecule has 0 heterocycles. The van der Waals surface area contributed by atoms with E-state index in [0.29, 0.717) is 12.6 Å². The third kappa shape index (κ3) is 6.72. The van der Waals surface area contributed by atoms with Gasteiger partial charge in [0.05, 0.1) is 11.5 Å². The zero-order valence-corrected chi connectivity index (χ0v) is 15.8. The van der Waals surface area contributed by atoms with Crippen molar-refractivity contribution in [1.82, 2.24) is 10.6 Å². The lowest BCUT2D eigenvalue weighted by molar-refractivity contribution is -0.384. The number of nitrogens with one attached hydrogen (secondary N) is 2. The number of nitrogens with zero attached hydrogens (tertiary/aromatic N) is 2. The fourth-order valence-electron chi connectivity index (χ4n) is 2.65. The van der Waals surface area contributed by atoms with Gasteiger partial charge in [-0.1, -0.05) is 31.4 Å². The second-order valence-electron chi connectivity index (χ2n) is 5.60. The maximum Gasteiger partial charge on any atom is 0.269 e. The average Bonchev–Trinajstić information content (AvgIpc) is 2.54. The van der Waals surface area contributed by atoms with E-state index in [1.54, 1.807) is 12.1 Å². The largest absolute Gasteiger partial charge is 0.357 e. The minimum Gasteiger partial charge on any atom is -0.357 e. The van der Waals surface area contributed by atoms with Gasteiger partial charge in [0.25, 0.3) is 5.69 Å². The topological polar surface area (TPSA) is 79.6 Å². The van der Waals surface area contributed by atoms with Gasteiger partial charge in [0.15, 0.2) is 5.96 Å². The highest BCUT2D eigenvalue weighted by molar-refractivity contribution is 14.0. The number of hydrogen-bond acceptors (Lipinski definition) is 3. The normalized spacial score (nSPS) is 15.6. The lowest BCUT2D eigenvalue weighted by Gasteiger charge is -2.24. The summed E-state index contributed by atoms with van der Waals surface area (Å²) >= 11 is 0. The van der Waals surface area contributed by atoms with Crippen molar-refractivity contribution in [3.05, 3.63) is 39.9 Å². The molecule has 0 aliphatic heterocycles. The molecule has 0 saturated heterocycles. The van der Waals surface area contributed by atoms with Crippen molar-refractivity contribution in [3.63, 3.8) is 0 Å². The summed E-state index contributed by atoms with van der Waals surface area (Å²) < 4.78 is 0. The van der Waals surface area contributed by atoms with Crippen molar-refractivity contribution < 1.29 is 4.92 Å². The minimum absolute atomic E-state index is 0. The second-order valence-corrected chi connectivity index (χ2v) is 5.60. The van der Waals surface area contributed by atoms with Crippen molar-refractivity contribution in [2.45, 2.75) is 51.6 Å². The van der Waals surface area contributed by atoms with E-state index in [4.69, 9.17) is 0 Å². The number of non-ortho nitro benzene ring substituents is 1. The lowest BCUT2D eigenvalue weighted by Crippen LogP contribution is -2.44. The summed E-state index contributed by atoms with van der Waals surface area (Å²) in [5, 5.41) is 17.4. The van der Waals surface area contributed by atoms with Crippen LogP contribution in [-0.2, 0) is 6.54 Å². The van der Waals surface area contributed by atoms with Crippen LogP contribution in [0.3, 0.4) is 0 Å². The van der Waals surface area contributed by atoms with Gasteiger partial charge < -0.3 is 10.6 Å². The van der Waals surface area contributed by atoms with Gasteiger partial charge in [-0.05, 0) is 25.3 Å². The molecule has 0 aromatic heterocycles. The van der Waals surface area contributed by atoms with Gasteiger partial charge in [0, 0.05) is 24.7 Å². The molecule has 1 saturated carbocycles. The molecule has 1 aromatic carbocycles. The van der Waals surface area contributed by atoms with E-state index in [-0.39, 0.29) is 34.6 Å². The predicted octanol–water partition coefficient (Wildman–Crippen LogP) is 3.60. The Morgan fingerprint density at radius 2 is 1.91 bits per heavy atom. The lowest BCUT2D eigenvalue weighted by atomic mass is 9.96. The molecule has 0 radical (unpaired) electrons. The molecule has 1 aromatic rings. The summed E-state index contributed by atoms with van der Waals surface area (Å²) in [6, 6.07) is 7.06. The van der Waals surface area contributed by atoms with Gasteiger partial charge in [-0.25, -0.2) is 4.99 Å². The first kappa shape index (κ1) is 19.7. The standard InChI is InChI=1S/C16H24N4O2.HI/c1-2-17-16(19-14-6-4-3-5-7-14)18-12-13-8-10-15(11-9-13)20(21)22;/h8-11,14H,2-7,12H2,1H3,(H2,17,18,19);1H. The van der Waals surface area contributed by atoms with E-state index in [0.717, 1.165) is 18.1 Å². The van der Waals surface area contributed by atoms with E-state index in [2.05, 4.69) is 15.6 Å². The molecule has 1 aliphatic carbocycles. The Labute approximate surface area is 154 Å². The number of nitro benzene ring substituents is 1. The first-order chi connectivity index (χ1) is 10.7. The van der Waals surface area contributed by atoms with Crippen LogP contribution in [0.15, 0.2) is 29.3 Å².